The monoisotopic (exact) mass is 368 g/mol. The van der Waals surface area contributed by atoms with E-state index in [-0.39, 0.29) is 11.6 Å². The molecule has 0 fully saturated rings. The van der Waals surface area contributed by atoms with Gasteiger partial charge in [-0.05, 0) is 44.2 Å². The van der Waals surface area contributed by atoms with Crippen molar-refractivity contribution in [3.8, 4) is 11.3 Å². The van der Waals surface area contributed by atoms with Gasteiger partial charge in [0.05, 0.1) is 5.69 Å². The third-order valence-electron chi connectivity index (χ3n) is 3.77. The van der Waals surface area contributed by atoms with Crippen molar-refractivity contribution in [2.75, 3.05) is 5.32 Å². The van der Waals surface area contributed by atoms with Crippen molar-refractivity contribution in [1.29, 1.82) is 0 Å². The van der Waals surface area contributed by atoms with Gasteiger partial charge in [-0.1, -0.05) is 0 Å². The molecule has 1 aromatic carbocycles. The zero-order chi connectivity index (χ0) is 18.3. The minimum atomic E-state index is -0.464. The molecule has 4 rings (SSSR count). The normalized spacial score (nSPS) is 11.0. The van der Waals surface area contributed by atoms with Crippen molar-refractivity contribution in [3.05, 3.63) is 58.7 Å². The summed E-state index contributed by atoms with van der Waals surface area (Å²) in [5, 5.41) is 7.31. The number of carbonyl (C=O) groups is 1. The quantitative estimate of drug-likeness (QED) is 0.600. The lowest BCUT2D eigenvalue weighted by Gasteiger charge is -1.98. The fourth-order valence-electron chi connectivity index (χ4n) is 2.48. The zero-order valence-electron chi connectivity index (χ0n) is 13.9. The van der Waals surface area contributed by atoms with E-state index < -0.39 is 5.91 Å². The Morgan fingerprint density at radius 1 is 1.15 bits per heavy atom. The van der Waals surface area contributed by atoms with Crippen LogP contribution in [-0.2, 0) is 0 Å². The molecule has 0 saturated heterocycles. The summed E-state index contributed by atoms with van der Waals surface area (Å²) < 4.78 is 14.6. The minimum absolute atomic E-state index is 0.0167. The number of fused-ring (bicyclic) bond motifs is 1. The molecule has 1 N–H and O–H groups in total. The van der Waals surface area contributed by atoms with Crippen LogP contribution in [0.25, 0.3) is 17.0 Å². The third kappa shape index (κ3) is 2.93. The Hall–Kier alpha value is -3.20. The Bertz CT molecular complexity index is 1120. The molecule has 0 spiro atoms. The summed E-state index contributed by atoms with van der Waals surface area (Å²) >= 11 is 1.33. The van der Waals surface area contributed by atoms with Gasteiger partial charge in [0, 0.05) is 22.3 Å². The third-order valence-corrected chi connectivity index (χ3v) is 4.65. The number of nitrogens with zero attached hydrogens (tertiary/aromatic N) is 5. The van der Waals surface area contributed by atoms with Crippen molar-refractivity contribution < 1.29 is 9.18 Å². The number of amides is 1. The molecule has 0 aliphatic rings. The van der Waals surface area contributed by atoms with Gasteiger partial charge in [-0.15, -0.1) is 16.4 Å². The molecule has 0 atom stereocenters. The highest BCUT2D eigenvalue weighted by atomic mass is 32.1. The molecule has 3 heterocycles. The first kappa shape index (κ1) is 16.3. The van der Waals surface area contributed by atoms with Crippen LogP contribution in [0.4, 0.5) is 9.52 Å². The van der Waals surface area contributed by atoms with E-state index in [4.69, 9.17) is 0 Å². The Morgan fingerprint density at radius 2 is 1.92 bits per heavy atom. The largest absolute Gasteiger partial charge is 0.297 e. The number of aromatic nitrogens is 5. The number of hydrogen-bond donors (Lipinski definition) is 1. The van der Waals surface area contributed by atoms with Gasteiger partial charge in [0.2, 0.25) is 5.82 Å². The van der Waals surface area contributed by atoms with E-state index in [1.165, 1.54) is 28.0 Å². The number of halogens is 1. The number of rotatable bonds is 3. The van der Waals surface area contributed by atoms with E-state index in [2.05, 4.69) is 25.4 Å². The molecule has 1 amide bonds. The number of hydrogen-bond acceptors (Lipinski definition) is 6. The Kier molecular flexibility index (Phi) is 3.92. The molecule has 3 aromatic heterocycles. The molecule has 9 heteroatoms. The Balaban J connectivity index is 1.60. The second-order valence-corrected chi connectivity index (χ2v) is 6.82. The number of benzene rings is 1. The molecular weight excluding hydrogens is 355 g/mol. The van der Waals surface area contributed by atoms with Crippen LogP contribution in [0.2, 0.25) is 0 Å². The van der Waals surface area contributed by atoms with Crippen LogP contribution < -0.4 is 5.32 Å². The first-order chi connectivity index (χ1) is 12.5. The van der Waals surface area contributed by atoms with Gasteiger partial charge in [0.15, 0.2) is 5.13 Å². The molecule has 0 aliphatic carbocycles. The average Bonchev–Trinajstić information content (AvgIpc) is 3.20. The van der Waals surface area contributed by atoms with Crippen LogP contribution in [0.15, 0.2) is 36.5 Å². The number of thiazole rings is 1. The average molecular weight is 368 g/mol. The maximum atomic E-state index is 13.1. The van der Waals surface area contributed by atoms with Crippen LogP contribution in [0, 0.1) is 19.7 Å². The van der Waals surface area contributed by atoms with E-state index in [1.807, 2.05) is 13.8 Å². The first-order valence-corrected chi connectivity index (χ1v) is 8.56. The Morgan fingerprint density at radius 3 is 2.65 bits per heavy atom. The molecule has 4 aromatic rings. The fourth-order valence-corrected chi connectivity index (χ4v) is 3.31. The van der Waals surface area contributed by atoms with Crippen molar-refractivity contribution in [2.45, 2.75) is 13.8 Å². The summed E-state index contributed by atoms with van der Waals surface area (Å²) in [6, 6.07) is 7.84. The van der Waals surface area contributed by atoms with Crippen LogP contribution in [0.3, 0.4) is 0 Å². The summed E-state index contributed by atoms with van der Waals surface area (Å²) in [6.07, 6.45) is 1.61. The number of carbonyl (C=O) groups excluding carboxylic acids is 1. The molecule has 130 valence electrons. The topological polar surface area (TPSA) is 85.1 Å². The van der Waals surface area contributed by atoms with Gasteiger partial charge in [-0.2, -0.15) is 4.98 Å². The standard InChI is InChI=1S/C17H13FN6OS/c1-9-7-8-19-16-21-14(23-24(9)16)15(25)22-17-20-13(10(2)26-17)11-3-5-12(18)6-4-11/h3-8H,1-2H3,(H,20,22,25). The van der Waals surface area contributed by atoms with Crippen molar-refractivity contribution >= 4 is 28.2 Å². The van der Waals surface area contributed by atoms with Crippen molar-refractivity contribution in [3.63, 3.8) is 0 Å². The summed E-state index contributed by atoms with van der Waals surface area (Å²) in [5.74, 6) is -0.397. The lowest BCUT2D eigenvalue weighted by atomic mass is 10.1. The van der Waals surface area contributed by atoms with Gasteiger partial charge in [-0.3, -0.25) is 10.1 Å². The van der Waals surface area contributed by atoms with E-state index in [9.17, 15) is 9.18 Å². The predicted molar refractivity (Wildman–Crippen MR) is 95.7 cm³/mol. The van der Waals surface area contributed by atoms with Crippen LogP contribution >= 0.6 is 11.3 Å². The molecule has 0 bridgehead atoms. The summed E-state index contributed by atoms with van der Waals surface area (Å²) in [5.41, 5.74) is 2.31. The molecular formula is C17H13FN6OS. The number of aryl methyl sites for hydroxylation is 2. The molecule has 0 saturated carbocycles. The molecule has 7 nitrogen and oxygen atoms in total. The van der Waals surface area contributed by atoms with Crippen LogP contribution in [0.1, 0.15) is 21.2 Å². The second-order valence-electron chi connectivity index (χ2n) is 5.62. The van der Waals surface area contributed by atoms with E-state index >= 15 is 0 Å². The maximum Gasteiger partial charge on any atom is 0.297 e. The van der Waals surface area contributed by atoms with Crippen LogP contribution in [-0.4, -0.2) is 30.5 Å². The van der Waals surface area contributed by atoms with Crippen LogP contribution in [0.5, 0.6) is 0 Å². The van der Waals surface area contributed by atoms with E-state index in [0.29, 0.717) is 16.6 Å². The fraction of sp³-hybridized carbons (Fsp3) is 0.118. The van der Waals surface area contributed by atoms with Crippen molar-refractivity contribution in [1.82, 2.24) is 24.6 Å². The van der Waals surface area contributed by atoms with Gasteiger partial charge < -0.3 is 0 Å². The predicted octanol–water partition coefficient (Wildman–Crippen LogP) is 3.26. The maximum absolute atomic E-state index is 13.1. The second kappa shape index (κ2) is 6.26. The first-order valence-electron chi connectivity index (χ1n) is 7.74. The summed E-state index contributed by atoms with van der Waals surface area (Å²) in [4.78, 5) is 26.0. The summed E-state index contributed by atoms with van der Waals surface area (Å²) in [6.45, 7) is 3.74. The highest BCUT2D eigenvalue weighted by Crippen LogP contribution is 2.30. The number of nitrogens with one attached hydrogen (secondary N) is 1. The van der Waals surface area contributed by atoms with Gasteiger partial charge in [-0.25, -0.2) is 18.9 Å². The molecule has 0 aliphatic heterocycles. The van der Waals surface area contributed by atoms with Gasteiger partial charge in [0.25, 0.3) is 11.7 Å². The Labute approximate surface area is 151 Å². The lowest BCUT2D eigenvalue weighted by molar-refractivity contribution is 0.101. The highest BCUT2D eigenvalue weighted by molar-refractivity contribution is 7.16. The molecule has 0 unspecified atom stereocenters. The van der Waals surface area contributed by atoms with E-state index in [1.54, 1.807) is 24.4 Å². The zero-order valence-corrected chi connectivity index (χ0v) is 14.7. The minimum Gasteiger partial charge on any atom is -0.295 e. The van der Waals surface area contributed by atoms with Gasteiger partial charge in [0.1, 0.15) is 5.82 Å². The molecule has 26 heavy (non-hydrogen) atoms. The number of anilines is 1. The summed E-state index contributed by atoms with van der Waals surface area (Å²) in [7, 11) is 0. The SMILES string of the molecule is Cc1sc(NC(=O)c2nc3nccc(C)n3n2)nc1-c1ccc(F)cc1. The smallest absolute Gasteiger partial charge is 0.295 e. The lowest BCUT2D eigenvalue weighted by Crippen LogP contribution is -2.13. The highest BCUT2D eigenvalue weighted by Gasteiger charge is 2.17. The molecule has 0 radical (unpaired) electrons. The van der Waals surface area contributed by atoms with Crippen molar-refractivity contribution in [2.24, 2.45) is 0 Å². The van der Waals surface area contributed by atoms with Gasteiger partial charge >= 0.3 is 0 Å². The van der Waals surface area contributed by atoms with E-state index in [0.717, 1.165) is 16.1 Å².